The summed E-state index contributed by atoms with van der Waals surface area (Å²) < 4.78 is 11.0. The molecule has 0 atom stereocenters. The van der Waals surface area contributed by atoms with Crippen LogP contribution in [0.3, 0.4) is 0 Å². The lowest BCUT2D eigenvalue weighted by Gasteiger charge is -1.99. The molecular formula is C26H28O2. The highest BCUT2D eigenvalue weighted by Crippen LogP contribution is 2.16. The number of benzene rings is 2. The molecule has 0 fully saturated rings. The van der Waals surface area contributed by atoms with Crippen LogP contribution < -0.4 is 0 Å². The van der Waals surface area contributed by atoms with Crippen molar-refractivity contribution in [2.75, 3.05) is 0 Å². The summed E-state index contributed by atoms with van der Waals surface area (Å²) in [5, 5.41) is 0. The van der Waals surface area contributed by atoms with Crippen LogP contribution in [0.25, 0.3) is 0 Å². The minimum atomic E-state index is 0.857. The molecule has 0 radical (unpaired) electrons. The average molecular weight is 373 g/mol. The van der Waals surface area contributed by atoms with E-state index >= 15 is 0 Å². The van der Waals surface area contributed by atoms with Gasteiger partial charge in [0.1, 0.15) is 17.3 Å². The standard InChI is InChI=1S/C18H16O.C8H12O/c1-3-7-15(8-4-1)13-17-11-12-18(19-17)14-16-9-5-2-6-10-16;1-2-3-5-8-6-4-7-9-8/h1-12H,13-14H2;4,6-7H,2-3,5H2,1H3. The lowest BCUT2D eigenvalue weighted by Crippen LogP contribution is -1.86. The second kappa shape index (κ2) is 11.0. The Labute approximate surface area is 167 Å². The Morgan fingerprint density at radius 2 is 1.18 bits per heavy atom. The minimum Gasteiger partial charge on any atom is -0.469 e. The van der Waals surface area contributed by atoms with Crippen molar-refractivity contribution in [2.24, 2.45) is 0 Å². The molecule has 2 aromatic carbocycles. The average Bonchev–Trinajstić information content (AvgIpc) is 3.41. The highest BCUT2D eigenvalue weighted by molar-refractivity contribution is 5.24. The van der Waals surface area contributed by atoms with Crippen molar-refractivity contribution in [1.29, 1.82) is 0 Å². The van der Waals surface area contributed by atoms with Gasteiger partial charge in [0.15, 0.2) is 0 Å². The molecule has 0 aliphatic heterocycles. The van der Waals surface area contributed by atoms with E-state index in [0.29, 0.717) is 0 Å². The van der Waals surface area contributed by atoms with Crippen LogP contribution in [0, 0.1) is 0 Å². The molecule has 0 bridgehead atoms. The van der Waals surface area contributed by atoms with Crippen molar-refractivity contribution < 1.29 is 8.83 Å². The van der Waals surface area contributed by atoms with Crippen LogP contribution in [0.2, 0.25) is 0 Å². The van der Waals surface area contributed by atoms with E-state index in [4.69, 9.17) is 8.83 Å². The molecule has 4 rings (SSSR count). The Kier molecular flexibility index (Phi) is 7.75. The Bertz CT molecular complexity index is 834. The van der Waals surface area contributed by atoms with Gasteiger partial charge in [0.2, 0.25) is 0 Å². The van der Waals surface area contributed by atoms with Gasteiger partial charge in [0.25, 0.3) is 0 Å². The largest absolute Gasteiger partial charge is 0.469 e. The van der Waals surface area contributed by atoms with Gasteiger partial charge in [-0.25, -0.2) is 0 Å². The summed E-state index contributed by atoms with van der Waals surface area (Å²) >= 11 is 0. The first-order chi connectivity index (χ1) is 13.8. The normalized spacial score (nSPS) is 10.3. The van der Waals surface area contributed by atoms with E-state index in [2.05, 4.69) is 67.6 Å². The van der Waals surface area contributed by atoms with Crippen LogP contribution in [-0.2, 0) is 19.3 Å². The van der Waals surface area contributed by atoms with E-state index in [9.17, 15) is 0 Å². The molecular weight excluding hydrogens is 344 g/mol. The third-order valence-electron chi connectivity index (χ3n) is 4.52. The topological polar surface area (TPSA) is 26.3 Å². The monoisotopic (exact) mass is 372 g/mol. The van der Waals surface area contributed by atoms with E-state index in [1.807, 2.05) is 24.3 Å². The zero-order valence-corrected chi connectivity index (χ0v) is 16.5. The molecule has 0 unspecified atom stereocenters. The molecule has 0 spiro atoms. The van der Waals surface area contributed by atoms with Crippen LogP contribution >= 0.6 is 0 Å². The molecule has 0 amide bonds. The Morgan fingerprint density at radius 1 is 0.607 bits per heavy atom. The molecule has 2 heteroatoms. The third kappa shape index (κ3) is 6.62. The number of furan rings is 2. The fraction of sp³-hybridized carbons (Fsp3) is 0.231. The number of aryl methyl sites for hydroxylation is 1. The zero-order valence-electron chi connectivity index (χ0n) is 16.5. The zero-order chi connectivity index (χ0) is 19.4. The molecule has 0 aliphatic rings. The molecule has 144 valence electrons. The molecule has 0 N–H and O–H groups in total. The fourth-order valence-electron chi connectivity index (χ4n) is 3.01. The van der Waals surface area contributed by atoms with Crippen molar-refractivity contribution in [1.82, 2.24) is 0 Å². The molecule has 4 aromatic rings. The van der Waals surface area contributed by atoms with Gasteiger partial charge < -0.3 is 8.83 Å². The van der Waals surface area contributed by atoms with Crippen LogP contribution in [0.15, 0.2) is 100 Å². The van der Waals surface area contributed by atoms with Gasteiger partial charge >= 0.3 is 0 Å². The maximum absolute atomic E-state index is 5.89. The van der Waals surface area contributed by atoms with Crippen LogP contribution in [-0.4, -0.2) is 0 Å². The fourth-order valence-corrected chi connectivity index (χ4v) is 3.01. The van der Waals surface area contributed by atoms with Crippen molar-refractivity contribution in [3.05, 3.63) is 120 Å². The van der Waals surface area contributed by atoms with Gasteiger partial charge in [0, 0.05) is 19.3 Å². The third-order valence-corrected chi connectivity index (χ3v) is 4.52. The summed E-state index contributed by atoms with van der Waals surface area (Å²) in [5.41, 5.74) is 2.56. The first kappa shape index (κ1) is 19.8. The second-order valence-corrected chi connectivity index (χ2v) is 6.88. The smallest absolute Gasteiger partial charge is 0.108 e. The molecule has 0 aliphatic carbocycles. The summed E-state index contributed by atoms with van der Waals surface area (Å²) in [4.78, 5) is 0. The first-order valence-electron chi connectivity index (χ1n) is 10.0. The molecule has 0 saturated carbocycles. The van der Waals surface area contributed by atoms with Crippen molar-refractivity contribution in [2.45, 2.75) is 39.0 Å². The van der Waals surface area contributed by atoms with E-state index in [0.717, 1.165) is 36.5 Å². The lowest BCUT2D eigenvalue weighted by molar-refractivity contribution is 0.482. The van der Waals surface area contributed by atoms with Gasteiger partial charge in [-0.2, -0.15) is 0 Å². The van der Waals surface area contributed by atoms with Crippen molar-refractivity contribution >= 4 is 0 Å². The lowest BCUT2D eigenvalue weighted by atomic mass is 10.1. The predicted octanol–water partition coefficient (Wildman–Crippen LogP) is 7.08. The number of hydrogen-bond acceptors (Lipinski definition) is 2. The van der Waals surface area contributed by atoms with E-state index in [1.54, 1.807) is 6.26 Å². The van der Waals surface area contributed by atoms with E-state index in [1.165, 1.54) is 24.0 Å². The van der Waals surface area contributed by atoms with Gasteiger partial charge in [-0.3, -0.25) is 0 Å². The van der Waals surface area contributed by atoms with Crippen LogP contribution in [0.4, 0.5) is 0 Å². The molecule has 2 nitrogen and oxygen atoms in total. The summed E-state index contributed by atoms with van der Waals surface area (Å²) in [6.07, 6.45) is 6.99. The summed E-state index contributed by atoms with van der Waals surface area (Å²) in [5.74, 6) is 3.16. The van der Waals surface area contributed by atoms with E-state index < -0.39 is 0 Å². The second-order valence-electron chi connectivity index (χ2n) is 6.88. The molecule has 2 aromatic heterocycles. The van der Waals surface area contributed by atoms with Crippen molar-refractivity contribution in [3.63, 3.8) is 0 Å². The molecule has 28 heavy (non-hydrogen) atoms. The summed E-state index contributed by atoms with van der Waals surface area (Å²) in [6, 6.07) is 28.9. The summed E-state index contributed by atoms with van der Waals surface area (Å²) in [6.45, 7) is 2.18. The molecule has 0 saturated heterocycles. The minimum absolute atomic E-state index is 0.857. The number of rotatable bonds is 7. The van der Waals surface area contributed by atoms with Gasteiger partial charge in [-0.05, 0) is 41.8 Å². The first-order valence-corrected chi connectivity index (χ1v) is 10.0. The van der Waals surface area contributed by atoms with Gasteiger partial charge in [0.05, 0.1) is 6.26 Å². The summed E-state index contributed by atoms with van der Waals surface area (Å²) in [7, 11) is 0. The van der Waals surface area contributed by atoms with Crippen molar-refractivity contribution in [3.8, 4) is 0 Å². The highest BCUT2D eigenvalue weighted by atomic mass is 16.3. The maximum atomic E-state index is 5.89. The van der Waals surface area contributed by atoms with Crippen LogP contribution in [0.5, 0.6) is 0 Å². The SMILES string of the molecule is CCCCc1ccco1.c1ccc(Cc2ccc(Cc3ccccc3)o2)cc1. The Morgan fingerprint density at radius 3 is 1.64 bits per heavy atom. The Hall–Kier alpha value is -3.00. The quantitative estimate of drug-likeness (QED) is 0.346. The number of unbranched alkanes of at least 4 members (excludes halogenated alkanes) is 1. The number of hydrogen-bond donors (Lipinski definition) is 0. The Balaban J connectivity index is 0.000000211. The van der Waals surface area contributed by atoms with Crippen LogP contribution in [0.1, 0.15) is 48.2 Å². The highest BCUT2D eigenvalue weighted by Gasteiger charge is 2.04. The van der Waals surface area contributed by atoms with E-state index in [-0.39, 0.29) is 0 Å². The maximum Gasteiger partial charge on any atom is 0.108 e. The molecule has 2 heterocycles. The predicted molar refractivity (Wildman–Crippen MR) is 115 cm³/mol. The van der Waals surface area contributed by atoms with Gasteiger partial charge in [-0.15, -0.1) is 0 Å². The van der Waals surface area contributed by atoms with Gasteiger partial charge in [-0.1, -0.05) is 74.0 Å².